The van der Waals surface area contributed by atoms with Gasteiger partial charge >= 0.3 is 0 Å². The molecule has 0 spiro atoms. The largest absolute Gasteiger partial charge is 0.362 e. The molecule has 0 aromatic heterocycles. The highest BCUT2D eigenvalue weighted by molar-refractivity contribution is 6.40. The van der Waals surface area contributed by atoms with E-state index in [-0.39, 0.29) is 11.6 Å². The molecule has 1 saturated carbocycles. The van der Waals surface area contributed by atoms with Crippen molar-refractivity contribution in [2.45, 2.75) is 51.0 Å². The minimum Gasteiger partial charge on any atom is -0.362 e. The molecule has 3 heteroatoms. The zero-order valence-corrected chi connectivity index (χ0v) is 12.1. The number of hydrogen-bond acceptors (Lipinski definition) is 3. The van der Waals surface area contributed by atoms with E-state index in [9.17, 15) is 9.59 Å². The number of Topliss-reactive ketones (excluding diaryl/α,β-unsaturated/α-hetero) is 2. The van der Waals surface area contributed by atoms with Crippen LogP contribution < -0.4 is 0 Å². The van der Waals surface area contributed by atoms with Crippen LogP contribution in [0.4, 0.5) is 0 Å². The maximum atomic E-state index is 12.4. The lowest BCUT2D eigenvalue weighted by atomic mass is 9.77. The predicted molar refractivity (Wildman–Crippen MR) is 77.5 cm³/mol. The van der Waals surface area contributed by atoms with Gasteiger partial charge in [0.1, 0.15) is 0 Å². The molecule has 1 unspecified atom stereocenters. The van der Waals surface area contributed by atoms with E-state index in [1.54, 1.807) is 0 Å². The molecule has 1 fully saturated rings. The fourth-order valence-electron chi connectivity index (χ4n) is 2.75. The molecule has 2 rings (SSSR count). The first-order chi connectivity index (χ1) is 9.70. The van der Waals surface area contributed by atoms with Crippen LogP contribution in [0.5, 0.6) is 0 Å². The van der Waals surface area contributed by atoms with E-state index in [0.29, 0.717) is 25.9 Å². The Morgan fingerprint density at radius 1 is 1.15 bits per heavy atom. The highest BCUT2D eigenvalue weighted by atomic mass is 16.5. The van der Waals surface area contributed by atoms with Gasteiger partial charge in [-0.15, -0.1) is 0 Å². The van der Waals surface area contributed by atoms with Crippen molar-refractivity contribution in [3.63, 3.8) is 0 Å². The Morgan fingerprint density at radius 2 is 1.90 bits per heavy atom. The van der Waals surface area contributed by atoms with E-state index in [2.05, 4.69) is 6.92 Å². The summed E-state index contributed by atoms with van der Waals surface area (Å²) in [7, 11) is 0. The standard InChI is InChI=1S/C17H22O3/c1-2-3-7-13-20-17(14-9-5-4-6-10-14)12-8-11-15(18)16(17)19/h4-6,9-10H,2-3,7-8,11-13H2,1H3. The van der Waals surface area contributed by atoms with Crippen LogP contribution in [0, 0.1) is 0 Å². The van der Waals surface area contributed by atoms with Crippen LogP contribution in [0.15, 0.2) is 30.3 Å². The molecule has 0 heterocycles. The molecule has 108 valence electrons. The SMILES string of the molecule is CCCCCOC1(c2ccccc2)CCCC(=O)C1=O. The van der Waals surface area contributed by atoms with Crippen LogP contribution in [-0.2, 0) is 19.9 Å². The summed E-state index contributed by atoms with van der Waals surface area (Å²) in [5, 5.41) is 0. The molecular weight excluding hydrogens is 252 g/mol. The average Bonchev–Trinajstić information content (AvgIpc) is 2.49. The van der Waals surface area contributed by atoms with Gasteiger partial charge < -0.3 is 4.74 Å². The highest BCUT2D eigenvalue weighted by Gasteiger charge is 2.46. The Morgan fingerprint density at radius 3 is 2.60 bits per heavy atom. The van der Waals surface area contributed by atoms with Crippen molar-refractivity contribution in [2.75, 3.05) is 6.61 Å². The van der Waals surface area contributed by atoms with E-state index < -0.39 is 5.60 Å². The molecule has 0 aliphatic heterocycles. The lowest BCUT2D eigenvalue weighted by Crippen LogP contribution is -2.46. The van der Waals surface area contributed by atoms with E-state index in [0.717, 1.165) is 24.8 Å². The van der Waals surface area contributed by atoms with Gasteiger partial charge in [0, 0.05) is 13.0 Å². The van der Waals surface area contributed by atoms with Gasteiger partial charge in [-0.05, 0) is 24.8 Å². The van der Waals surface area contributed by atoms with E-state index >= 15 is 0 Å². The van der Waals surface area contributed by atoms with Gasteiger partial charge in [0.2, 0.25) is 11.6 Å². The molecule has 1 atom stereocenters. The molecule has 3 nitrogen and oxygen atoms in total. The third kappa shape index (κ3) is 2.98. The normalized spacial score (nSPS) is 23.1. The fraction of sp³-hybridized carbons (Fsp3) is 0.529. The quantitative estimate of drug-likeness (QED) is 0.590. The van der Waals surface area contributed by atoms with Crippen molar-refractivity contribution in [2.24, 2.45) is 0 Å². The number of hydrogen-bond donors (Lipinski definition) is 0. The number of unbranched alkanes of at least 4 members (excludes halogenated alkanes) is 2. The number of rotatable bonds is 6. The van der Waals surface area contributed by atoms with Crippen molar-refractivity contribution >= 4 is 11.6 Å². The first-order valence-corrected chi connectivity index (χ1v) is 7.48. The van der Waals surface area contributed by atoms with Gasteiger partial charge in [-0.1, -0.05) is 50.1 Å². The average molecular weight is 274 g/mol. The Labute approximate surface area is 120 Å². The van der Waals surface area contributed by atoms with Crippen LogP contribution in [-0.4, -0.2) is 18.2 Å². The third-order valence-electron chi connectivity index (χ3n) is 3.89. The second-order valence-electron chi connectivity index (χ2n) is 5.35. The molecule has 20 heavy (non-hydrogen) atoms. The minimum absolute atomic E-state index is 0.296. The summed E-state index contributed by atoms with van der Waals surface area (Å²) in [4.78, 5) is 24.3. The highest BCUT2D eigenvalue weighted by Crippen LogP contribution is 2.36. The molecule has 1 aliphatic carbocycles. The third-order valence-corrected chi connectivity index (χ3v) is 3.89. The van der Waals surface area contributed by atoms with Crippen LogP contribution in [0.3, 0.4) is 0 Å². The van der Waals surface area contributed by atoms with E-state index in [4.69, 9.17) is 4.74 Å². The van der Waals surface area contributed by atoms with E-state index in [1.165, 1.54) is 0 Å². The Bertz CT molecular complexity index is 466. The molecule has 1 aromatic carbocycles. The van der Waals surface area contributed by atoms with Gasteiger partial charge in [0.25, 0.3) is 0 Å². The predicted octanol–water partition coefficient (Wildman–Crippen LogP) is 3.41. The minimum atomic E-state index is -1.04. The van der Waals surface area contributed by atoms with Crippen molar-refractivity contribution in [1.82, 2.24) is 0 Å². The Balaban J connectivity index is 2.23. The van der Waals surface area contributed by atoms with Gasteiger partial charge in [0.15, 0.2) is 5.60 Å². The summed E-state index contributed by atoms with van der Waals surface area (Å²) >= 11 is 0. The molecule has 1 aliphatic rings. The Kier molecular flexibility index (Phi) is 5.07. The molecule has 1 aromatic rings. The van der Waals surface area contributed by atoms with Crippen molar-refractivity contribution in [3.05, 3.63) is 35.9 Å². The monoisotopic (exact) mass is 274 g/mol. The summed E-state index contributed by atoms with van der Waals surface area (Å²) < 4.78 is 5.97. The summed E-state index contributed by atoms with van der Waals surface area (Å²) in [6, 6.07) is 9.45. The second kappa shape index (κ2) is 6.80. The van der Waals surface area contributed by atoms with Gasteiger partial charge in [-0.3, -0.25) is 9.59 Å². The molecule has 0 N–H and O–H groups in total. The number of carbonyl (C=O) groups excluding carboxylic acids is 2. The van der Waals surface area contributed by atoms with Gasteiger partial charge in [-0.25, -0.2) is 0 Å². The summed E-state index contributed by atoms with van der Waals surface area (Å²) in [5.74, 6) is -0.665. The van der Waals surface area contributed by atoms with Gasteiger partial charge in [-0.2, -0.15) is 0 Å². The number of ether oxygens (including phenoxy) is 1. The second-order valence-corrected chi connectivity index (χ2v) is 5.35. The maximum absolute atomic E-state index is 12.4. The van der Waals surface area contributed by atoms with E-state index in [1.807, 2.05) is 30.3 Å². The molecular formula is C17H22O3. The lowest BCUT2D eigenvalue weighted by Gasteiger charge is -2.35. The zero-order chi connectivity index (χ0) is 14.4. The summed E-state index contributed by atoms with van der Waals surface area (Å²) in [6.07, 6.45) is 4.78. The number of ketones is 2. The fourth-order valence-corrected chi connectivity index (χ4v) is 2.75. The smallest absolute Gasteiger partial charge is 0.234 e. The first kappa shape index (κ1) is 14.9. The molecule has 0 radical (unpaired) electrons. The van der Waals surface area contributed by atoms with Crippen molar-refractivity contribution < 1.29 is 14.3 Å². The number of benzene rings is 1. The molecule has 0 saturated heterocycles. The van der Waals surface area contributed by atoms with Crippen molar-refractivity contribution in [3.8, 4) is 0 Å². The van der Waals surface area contributed by atoms with Gasteiger partial charge in [0.05, 0.1) is 0 Å². The van der Waals surface area contributed by atoms with Crippen molar-refractivity contribution in [1.29, 1.82) is 0 Å². The van der Waals surface area contributed by atoms with Crippen LogP contribution >= 0.6 is 0 Å². The number of carbonyl (C=O) groups is 2. The molecule has 0 bridgehead atoms. The van der Waals surface area contributed by atoms with Crippen LogP contribution in [0.1, 0.15) is 51.0 Å². The Hall–Kier alpha value is -1.48. The summed E-state index contributed by atoms with van der Waals surface area (Å²) in [5.41, 5.74) is -0.223. The summed E-state index contributed by atoms with van der Waals surface area (Å²) in [6.45, 7) is 2.66. The topological polar surface area (TPSA) is 43.4 Å². The van der Waals surface area contributed by atoms with Crippen LogP contribution in [0.2, 0.25) is 0 Å². The first-order valence-electron chi connectivity index (χ1n) is 7.48. The lowest BCUT2D eigenvalue weighted by molar-refractivity contribution is -0.160. The molecule has 0 amide bonds. The zero-order valence-electron chi connectivity index (χ0n) is 12.1. The van der Waals surface area contributed by atoms with Crippen LogP contribution in [0.25, 0.3) is 0 Å². The maximum Gasteiger partial charge on any atom is 0.234 e.